The highest BCUT2D eigenvalue weighted by Crippen LogP contribution is 2.16. The van der Waals surface area contributed by atoms with E-state index in [0.29, 0.717) is 18.7 Å². The zero-order valence-corrected chi connectivity index (χ0v) is 13.1. The maximum Gasteiger partial charge on any atom is 0.251 e. The second-order valence-electron chi connectivity index (χ2n) is 5.45. The predicted octanol–water partition coefficient (Wildman–Crippen LogP) is 2.43. The summed E-state index contributed by atoms with van der Waals surface area (Å²) in [6.45, 7) is 7.24. The van der Waals surface area contributed by atoms with Crippen LogP contribution in [0.3, 0.4) is 0 Å². The number of ether oxygens (including phenoxy) is 1. The number of carbonyl (C=O) groups excluding carboxylic acids is 1. The van der Waals surface area contributed by atoms with Crippen LogP contribution in [0.15, 0.2) is 18.2 Å². The highest BCUT2D eigenvalue weighted by molar-refractivity contribution is 5.97. The number of rotatable bonds is 6. The smallest absolute Gasteiger partial charge is 0.251 e. The maximum absolute atomic E-state index is 12.1. The molecule has 1 amide bonds. The molecule has 1 aromatic carbocycles. The van der Waals surface area contributed by atoms with E-state index in [4.69, 9.17) is 4.74 Å². The summed E-state index contributed by atoms with van der Waals surface area (Å²) in [5.74, 6) is 0.873. The van der Waals surface area contributed by atoms with Crippen molar-refractivity contribution in [2.45, 2.75) is 33.3 Å². The number of aromatic nitrogens is 2. The van der Waals surface area contributed by atoms with Crippen LogP contribution in [-0.2, 0) is 11.8 Å². The average Bonchev–Trinajstić information content (AvgIpc) is 2.72. The molecule has 0 bridgehead atoms. The first kappa shape index (κ1) is 15.5. The molecule has 0 aliphatic carbocycles. The minimum absolute atomic E-state index is 0.0650. The van der Waals surface area contributed by atoms with Crippen LogP contribution >= 0.6 is 0 Å². The van der Waals surface area contributed by atoms with Gasteiger partial charge in [0.15, 0.2) is 0 Å². The molecular formula is C16H23N3O2. The number of benzene rings is 1. The summed E-state index contributed by atoms with van der Waals surface area (Å²) in [7, 11) is 1.97. The zero-order chi connectivity index (χ0) is 15.4. The molecule has 1 heterocycles. The van der Waals surface area contributed by atoms with Crippen molar-refractivity contribution in [1.82, 2.24) is 14.9 Å². The van der Waals surface area contributed by atoms with E-state index in [1.54, 1.807) is 0 Å². The highest BCUT2D eigenvalue weighted by Gasteiger charge is 2.09. The Morgan fingerprint density at radius 1 is 1.43 bits per heavy atom. The summed E-state index contributed by atoms with van der Waals surface area (Å²) in [6.07, 6.45) is 1.05. The van der Waals surface area contributed by atoms with Gasteiger partial charge in [-0.3, -0.25) is 4.79 Å². The van der Waals surface area contributed by atoms with Crippen LogP contribution < -0.4 is 5.32 Å². The third kappa shape index (κ3) is 3.82. The second kappa shape index (κ2) is 6.72. The fourth-order valence-electron chi connectivity index (χ4n) is 2.16. The van der Waals surface area contributed by atoms with Crippen molar-refractivity contribution in [1.29, 1.82) is 0 Å². The lowest BCUT2D eigenvalue weighted by atomic mass is 10.2. The van der Waals surface area contributed by atoms with E-state index in [9.17, 15) is 4.79 Å². The van der Waals surface area contributed by atoms with E-state index in [-0.39, 0.29) is 12.0 Å². The minimum Gasteiger partial charge on any atom is -0.379 e. The summed E-state index contributed by atoms with van der Waals surface area (Å²) in [4.78, 5) is 16.5. The lowest BCUT2D eigenvalue weighted by Gasteiger charge is -2.08. The Balaban J connectivity index is 1.93. The molecule has 1 aromatic heterocycles. The standard InChI is InChI=1S/C16H23N3O2/c1-11(2)21-9-5-8-17-16(20)13-6-7-15-14(10-13)18-12(3)19(15)4/h6-7,10-11H,5,8-9H2,1-4H3,(H,17,20). The van der Waals surface area contributed by atoms with Gasteiger partial charge in [0.25, 0.3) is 5.91 Å². The molecule has 2 aromatic rings. The van der Waals surface area contributed by atoms with E-state index in [1.807, 2.05) is 50.6 Å². The molecule has 5 heteroatoms. The molecule has 0 atom stereocenters. The number of imidazole rings is 1. The van der Waals surface area contributed by atoms with E-state index in [2.05, 4.69) is 10.3 Å². The summed E-state index contributed by atoms with van der Waals surface area (Å²) >= 11 is 0. The third-order valence-corrected chi connectivity index (χ3v) is 3.42. The second-order valence-corrected chi connectivity index (χ2v) is 5.45. The van der Waals surface area contributed by atoms with Crippen LogP contribution in [0.5, 0.6) is 0 Å². The molecule has 0 radical (unpaired) electrons. The summed E-state index contributed by atoms with van der Waals surface area (Å²) in [5.41, 5.74) is 2.53. The van der Waals surface area contributed by atoms with E-state index >= 15 is 0 Å². The Labute approximate surface area is 125 Å². The van der Waals surface area contributed by atoms with Crippen LogP contribution in [0.4, 0.5) is 0 Å². The van der Waals surface area contributed by atoms with Crippen molar-refractivity contribution in [3.8, 4) is 0 Å². The van der Waals surface area contributed by atoms with Crippen molar-refractivity contribution in [3.05, 3.63) is 29.6 Å². The molecule has 0 spiro atoms. The highest BCUT2D eigenvalue weighted by atomic mass is 16.5. The van der Waals surface area contributed by atoms with Gasteiger partial charge in [-0.05, 0) is 45.4 Å². The number of aryl methyl sites for hydroxylation is 2. The average molecular weight is 289 g/mol. The number of hydrogen-bond donors (Lipinski definition) is 1. The van der Waals surface area contributed by atoms with Gasteiger partial charge in [0.05, 0.1) is 17.1 Å². The van der Waals surface area contributed by atoms with Crippen LogP contribution in [0.1, 0.15) is 36.5 Å². The van der Waals surface area contributed by atoms with Crippen LogP contribution in [0.2, 0.25) is 0 Å². The number of hydrogen-bond acceptors (Lipinski definition) is 3. The third-order valence-electron chi connectivity index (χ3n) is 3.42. The fourth-order valence-corrected chi connectivity index (χ4v) is 2.16. The van der Waals surface area contributed by atoms with Crippen molar-refractivity contribution in [2.24, 2.45) is 7.05 Å². The SMILES string of the molecule is Cc1nc2cc(C(=O)NCCCOC(C)C)ccc2n1C. The first-order chi connectivity index (χ1) is 9.99. The number of fused-ring (bicyclic) bond motifs is 1. The van der Waals surface area contributed by atoms with Crippen LogP contribution in [-0.4, -0.2) is 34.7 Å². The minimum atomic E-state index is -0.0650. The molecular weight excluding hydrogens is 266 g/mol. The van der Waals surface area contributed by atoms with Crippen molar-refractivity contribution < 1.29 is 9.53 Å². The van der Waals surface area contributed by atoms with Gasteiger partial charge in [0.2, 0.25) is 0 Å². The quantitative estimate of drug-likeness (QED) is 0.831. The van der Waals surface area contributed by atoms with Crippen molar-refractivity contribution >= 4 is 16.9 Å². The van der Waals surface area contributed by atoms with E-state index in [0.717, 1.165) is 23.3 Å². The van der Waals surface area contributed by atoms with Gasteiger partial charge in [-0.2, -0.15) is 0 Å². The topological polar surface area (TPSA) is 56.1 Å². The predicted molar refractivity (Wildman–Crippen MR) is 83.5 cm³/mol. The molecule has 114 valence electrons. The Morgan fingerprint density at radius 3 is 2.90 bits per heavy atom. The van der Waals surface area contributed by atoms with Gasteiger partial charge in [0, 0.05) is 25.8 Å². The molecule has 0 saturated heterocycles. The van der Waals surface area contributed by atoms with Crippen molar-refractivity contribution in [2.75, 3.05) is 13.2 Å². The van der Waals surface area contributed by atoms with Gasteiger partial charge in [-0.15, -0.1) is 0 Å². The van der Waals surface area contributed by atoms with Gasteiger partial charge in [-0.1, -0.05) is 0 Å². The molecule has 0 aliphatic rings. The number of carbonyl (C=O) groups is 1. The van der Waals surface area contributed by atoms with Gasteiger partial charge in [-0.25, -0.2) is 4.98 Å². The Morgan fingerprint density at radius 2 is 2.19 bits per heavy atom. The first-order valence-electron chi connectivity index (χ1n) is 7.32. The molecule has 0 fully saturated rings. The van der Waals surface area contributed by atoms with Gasteiger partial charge in [0.1, 0.15) is 5.82 Å². The summed E-state index contributed by atoms with van der Waals surface area (Å²) in [6, 6.07) is 5.61. The molecule has 0 unspecified atom stereocenters. The van der Waals surface area contributed by atoms with Crippen molar-refractivity contribution in [3.63, 3.8) is 0 Å². The number of nitrogens with one attached hydrogen (secondary N) is 1. The molecule has 0 saturated carbocycles. The van der Waals surface area contributed by atoms with E-state index < -0.39 is 0 Å². The fraction of sp³-hybridized carbons (Fsp3) is 0.500. The lowest BCUT2D eigenvalue weighted by Crippen LogP contribution is -2.25. The Hall–Kier alpha value is -1.88. The normalized spacial score (nSPS) is 11.3. The molecule has 2 rings (SSSR count). The van der Waals surface area contributed by atoms with Crippen LogP contribution in [0, 0.1) is 6.92 Å². The monoisotopic (exact) mass is 289 g/mol. The molecule has 0 aliphatic heterocycles. The summed E-state index contributed by atoms with van der Waals surface area (Å²) in [5, 5.41) is 2.91. The lowest BCUT2D eigenvalue weighted by molar-refractivity contribution is 0.0757. The van der Waals surface area contributed by atoms with Gasteiger partial charge < -0.3 is 14.6 Å². The zero-order valence-electron chi connectivity index (χ0n) is 13.1. The largest absolute Gasteiger partial charge is 0.379 e. The Kier molecular flexibility index (Phi) is 4.96. The number of amides is 1. The molecule has 1 N–H and O–H groups in total. The Bertz CT molecular complexity index is 632. The van der Waals surface area contributed by atoms with E-state index in [1.165, 1.54) is 0 Å². The molecule has 21 heavy (non-hydrogen) atoms. The maximum atomic E-state index is 12.1. The summed E-state index contributed by atoms with van der Waals surface area (Å²) < 4.78 is 7.45. The molecule has 5 nitrogen and oxygen atoms in total. The van der Waals surface area contributed by atoms with Crippen LogP contribution in [0.25, 0.3) is 11.0 Å². The number of nitrogens with zero attached hydrogens (tertiary/aromatic N) is 2. The van der Waals surface area contributed by atoms with Gasteiger partial charge >= 0.3 is 0 Å². The first-order valence-corrected chi connectivity index (χ1v) is 7.32.